The predicted octanol–water partition coefficient (Wildman–Crippen LogP) is 5.65. The van der Waals surface area contributed by atoms with Crippen molar-refractivity contribution in [2.24, 2.45) is 0 Å². The number of rotatable bonds is 6. The van der Waals surface area contributed by atoms with Gasteiger partial charge in [0.1, 0.15) is 0 Å². The minimum atomic E-state index is 0.626. The van der Waals surface area contributed by atoms with Crippen molar-refractivity contribution in [2.75, 3.05) is 12.5 Å². The van der Waals surface area contributed by atoms with Crippen LogP contribution < -0.4 is 4.74 Å². The lowest BCUT2D eigenvalue weighted by molar-refractivity contribution is 0.327. The number of pyridine rings is 1. The highest BCUT2D eigenvalue weighted by Crippen LogP contribution is 2.37. The lowest BCUT2D eigenvalue weighted by Gasteiger charge is -2.23. The van der Waals surface area contributed by atoms with Gasteiger partial charge in [0, 0.05) is 29.9 Å². The molecule has 0 aliphatic carbocycles. The zero-order valence-corrected chi connectivity index (χ0v) is 16.2. The largest absolute Gasteiger partial charge is 0.478 e. The van der Waals surface area contributed by atoms with Gasteiger partial charge in [-0.3, -0.25) is 0 Å². The lowest BCUT2D eigenvalue weighted by Crippen LogP contribution is -2.18. The number of nitrogens with zero attached hydrogens (tertiary/aromatic N) is 2. The van der Waals surface area contributed by atoms with Crippen LogP contribution in [0.1, 0.15) is 18.1 Å². The molecule has 1 aromatic heterocycles. The molecule has 0 radical (unpaired) electrons. The summed E-state index contributed by atoms with van der Waals surface area (Å²) in [4.78, 5) is 6.87. The molecule has 0 atom stereocenters. The quantitative estimate of drug-likeness (QED) is 0.556. The van der Waals surface area contributed by atoms with E-state index in [9.17, 15) is 0 Å². The van der Waals surface area contributed by atoms with Gasteiger partial charge in [-0.15, -0.1) is 11.8 Å². The van der Waals surface area contributed by atoms with Crippen LogP contribution in [0.15, 0.2) is 78.3 Å². The van der Waals surface area contributed by atoms with Crippen LogP contribution in [0.5, 0.6) is 5.88 Å². The summed E-state index contributed by atoms with van der Waals surface area (Å²) in [5, 5.41) is 2.27. The molecule has 4 rings (SSSR count). The average molecular weight is 375 g/mol. The molecule has 2 heterocycles. The molecule has 0 saturated heterocycles. The van der Waals surface area contributed by atoms with Crippen molar-refractivity contribution in [2.45, 2.75) is 13.5 Å². The molecule has 136 valence electrons. The number of hydrogen-bond acceptors (Lipinski definition) is 4. The van der Waals surface area contributed by atoms with Gasteiger partial charge in [-0.05, 0) is 29.5 Å². The molecule has 3 aromatic rings. The molecule has 1 aliphatic rings. The Morgan fingerprint density at radius 1 is 0.963 bits per heavy atom. The summed E-state index contributed by atoms with van der Waals surface area (Å²) < 4.78 is 5.48. The Hall–Kier alpha value is -2.72. The minimum absolute atomic E-state index is 0.626. The molecular formula is C23H22N2OS. The molecule has 0 N–H and O–H groups in total. The third-order valence-electron chi connectivity index (χ3n) is 4.52. The summed E-state index contributed by atoms with van der Waals surface area (Å²) in [6.07, 6.45) is 1.90. The first-order valence-corrected chi connectivity index (χ1v) is 10.2. The van der Waals surface area contributed by atoms with Crippen molar-refractivity contribution >= 4 is 17.5 Å². The number of hydrogen-bond donors (Lipinski definition) is 0. The maximum Gasteiger partial charge on any atom is 0.213 e. The summed E-state index contributed by atoms with van der Waals surface area (Å²) in [6.45, 7) is 3.51. The van der Waals surface area contributed by atoms with Crippen molar-refractivity contribution in [3.8, 4) is 17.0 Å². The van der Waals surface area contributed by atoms with E-state index in [0.717, 1.165) is 18.0 Å². The molecule has 0 saturated carbocycles. The maximum absolute atomic E-state index is 5.48. The van der Waals surface area contributed by atoms with Crippen molar-refractivity contribution in [3.05, 3.63) is 89.5 Å². The summed E-state index contributed by atoms with van der Waals surface area (Å²) in [7, 11) is 0. The molecule has 0 spiro atoms. The lowest BCUT2D eigenvalue weighted by atomic mass is 9.98. The highest BCUT2D eigenvalue weighted by molar-refractivity contribution is 8.02. The van der Waals surface area contributed by atoms with Gasteiger partial charge in [0.05, 0.1) is 18.2 Å². The van der Waals surface area contributed by atoms with Gasteiger partial charge in [-0.1, -0.05) is 54.6 Å². The monoisotopic (exact) mass is 374 g/mol. The van der Waals surface area contributed by atoms with E-state index in [1.54, 1.807) is 0 Å². The Morgan fingerprint density at radius 2 is 1.74 bits per heavy atom. The van der Waals surface area contributed by atoms with Crippen LogP contribution in [0.4, 0.5) is 0 Å². The SMILES string of the molecule is CCOc1ccc(-c2ccccc2C2=CSCN2Cc2ccccc2)cn1. The second kappa shape index (κ2) is 8.31. The van der Waals surface area contributed by atoms with Gasteiger partial charge < -0.3 is 9.64 Å². The predicted molar refractivity (Wildman–Crippen MR) is 113 cm³/mol. The summed E-state index contributed by atoms with van der Waals surface area (Å²) >= 11 is 1.85. The molecule has 0 bridgehead atoms. The molecule has 0 fully saturated rings. The molecule has 2 aromatic carbocycles. The van der Waals surface area contributed by atoms with Crippen LogP contribution in [-0.4, -0.2) is 22.4 Å². The van der Waals surface area contributed by atoms with Gasteiger partial charge >= 0.3 is 0 Å². The van der Waals surface area contributed by atoms with Crippen molar-refractivity contribution in [3.63, 3.8) is 0 Å². The maximum atomic E-state index is 5.48. The van der Waals surface area contributed by atoms with E-state index >= 15 is 0 Å². The van der Waals surface area contributed by atoms with Gasteiger partial charge in [0.2, 0.25) is 5.88 Å². The fraction of sp³-hybridized carbons (Fsp3) is 0.174. The zero-order chi connectivity index (χ0) is 18.5. The van der Waals surface area contributed by atoms with Crippen LogP contribution in [-0.2, 0) is 6.54 Å². The molecule has 3 nitrogen and oxygen atoms in total. The Labute approximate surface area is 164 Å². The highest BCUT2D eigenvalue weighted by atomic mass is 32.2. The van der Waals surface area contributed by atoms with Gasteiger partial charge in [0.25, 0.3) is 0 Å². The first kappa shape index (κ1) is 17.7. The molecule has 1 aliphatic heterocycles. The van der Waals surface area contributed by atoms with E-state index < -0.39 is 0 Å². The number of aromatic nitrogens is 1. The Kier molecular flexibility index (Phi) is 5.45. The van der Waals surface area contributed by atoms with Crippen molar-refractivity contribution in [1.29, 1.82) is 0 Å². The second-order valence-corrected chi connectivity index (χ2v) is 7.17. The van der Waals surface area contributed by atoms with Crippen molar-refractivity contribution < 1.29 is 4.74 Å². The topological polar surface area (TPSA) is 25.4 Å². The van der Waals surface area contributed by atoms with E-state index in [0.29, 0.717) is 12.5 Å². The van der Waals surface area contributed by atoms with Gasteiger partial charge in [-0.2, -0.15) is 0 Å². The number of thioether (sulfide) groups is 1. The number of ether oxygens (including phenoxy) is 1. The van der Waals surface area contributed by atoms with Crippen LogP contribution in [0.2, 0.25) is 0 Å². The molecular weight excluding hydrogens is 352 g/mol. The first-order valence-electron chi connectivity index (χ1n) is 9.14. The number of benzene rings is 2. The van der Waals surface area contributed by atoms with Crippen LogP contribution >= 0.6 is 11.8 Å². The van der Waals surface area contributed by atoms with E-state index in [-0.39, 0.29) is 0 Å². The molecule has 0 unspecified atom stereocenters. The zero-order valence-electron chi connectivity index (χ0n) is 15.3. The molecule has 0 amide bonds. The smallest absolute Gasteiger partial charge is 0.213 e. The van der Waals surface area contributed by atoms with Crippen LogP contribution in [0.3, 0.4) is 0 Å². The van der Waals surface area contributed by atoms with E-state index in [1.807, 2.05) is 30.9 Å². The highest BCUT2D eigenvalue weighted by Gasteiger charge is 2.20. The first-order chi connectivity index (χ1) is 13.3. The standard InChI is InChI=1S/C23H22N2OS/c1-2-26-23-13-12-19(14-24-23)20-10-6-7-11-21(20)22-16-27-17-25(22)15-18-8-4-3-5-9-18/h3-14,16H,2,15,17H2,1H3. The third kappa shape index (κ3) is 4.01. The molecule has 4 heteroatoms. The minimum Gasteiger partial charge on any atom is -0.478 e. The van der Waals surface area contributed by atoms with Gasteiger partial charge in [0.15, 0.2) is 0 Å². The van der Waals surface area contributed by atoms with Crippen LogP contribution in [0.25, 0.3) is 16.8 Å². The van der Waals surface area contributed by atoms with E-state index in [4.69, 9.17) is 4.74 Å². The van der Waals surface area contributed by atoms with E-state index in [1.165, 1.54) is 22.4 Å². The third-order valence-corrected chi connectivity index (χ3v) is 5.38. The normalized spacial score (nSPS) is 13.5. The summed E-state index contributed by atoms with van der Waals surface area (Å²) in [6, 6.07) is 23.2. The summed E-state index contributed by atoms with van der Waals surface area (Å²) in [5.74, 6) is 1.64. The Morgan fingerprint density at radius 3 is 2.48 bits per heavy atom. The fourth-order valence-corrected chi connectivity index (χ4v) is 4.17. The van der Waals surface area contributed by atoms with E-state index in [2.05, 4.69) is 76.0 Å². The Bertz CT molecular complexity index is 923. The van der Waals surface area contributed by atoms with Gasteiger partial charge in [-0.25, -0.2) is 4.98 Å². The second-order valence-electron chi connectivity index (χ2n) is 6.35. The molecule has 27 heavy (non-hydrogen) atoms. The average Bonchev–Trinajstić information content (AvgIpc) is 3.17. The fourth-order valence-electron chi connectivity index (χ4n) is 3.25. The van der Waals surface area contributed by atoms with Crippen LogP contribution in [0, 0.1) is 0 Å². The van der Waals surface area contributed by atoms with Crippen molar-refractivity contribution in [1.82, 2.24) is 9.88 Å². The Balaban J connectivity index is 1.64. The summed E-state index contributed by atoms with van der Waals surface area (Å²) in [5.41, 5.74) is 6.13.